The molecule has 4 aromatic rings. The number of carboxylic acid groups (broad SMARTS) is 1. The molecule has 0 radical (unpaired) electrons. The van der Waals surface area contributed by atoms with E-state index in [-0.39, 0.29) is 24.7 Å². The van der Waals surface area contributed by atoms with Crippen molar-refractivity contribution in [3.05, 3.63) is 115 Å². The van der Waals surface area contributed by atoms with Crippen LogP contribution in [0.1, 0.15) is 23.7 Å². The Hall–Kier alpha value is -4.56. The summed E-state index contributed by atoms with van der Waals surface area (Å²) >= 11 is 1.35. The zero-order valence-electron chi connectivity index (χ0n) is 20.4. The number of nitrogens with one attached hydrogen (secondary N) is 2. The van der Waals surface area contributed by atoms with Crippen molar-refractivity contribution in [2.45, 2.75) is 23.0 Å². The van der Waals surface area contributed by atoms with Crippen LogP contribution in [-0.4, -0.2) is 22.9 Å². The van der Waals surface area contributed by atoms with Crippen molar-refractivity contribution in [3.8, 4) is 11.5 Å². The number of ether oxygens (including phenoxy) is 1. The number of hydrogen-bond donors (Lipinski definition) is 3. The number of rotatable bonds is 11. The third-order valence-corrected chi connectivity index (χ3v) is 6.63. The van der Waals surface area contributed by atoms with Gasteiger partial charge in [0.05, 0.1) is 6.42 Å². The van der Waals surface area contributed by atoms with Crippen LogP contribution in [-0.2, 0) is 14.4 Å². The molecule has 0 saturated heterocycles. The number of carboxylic acids is 1. The number of carbonyl (C=O) groups excluding carboxylic acids is 2. The van der Waals surface area contributed by atoms with Crippen LogP contribution in [0.25, 0.3) is 0 Å². The van der Waals surface area contributed by atoms with E-state index < -0.39 is 11.2 Å². The van der Waals surface area contributed by atoms with Crippen molar-refractivity contribution in [1.29, 1.82) is 0 Å². The van der Waals surface area contributed by atoms with Gasteiger partial charge in [0, 0.05) is 22.7 Å². The third kappa shape index (κ3) is 7.97. The van der Waals surface area contributed by atoms with Gasteiger partial charge in [-0.25, -0.2) is 0 Å². The second kappa shape index (κ2) is 13.1. The topological polar surface area (TPSA) is 105 Å². The van der Waals surface area contributed by atoms with Gasteiger partial charge in [-0.2, -0.15) is 0 Å². The van der Waals surface area contributed by atoms with Gasteiger partial charge < -0.3 is 20.5 Å². The van der Waals surface area contributed by atoms with Gasteiger partial charge in [0.25, 0.3) is 0 Å². The van der Waals surface area contributed by atoms with Crippen molar-refractivity contribution in [2.75, 3.05) is 10.6 Å². The molecule has 4 rings (SSSR count). The van der Waals surface area contributed by atoms with Crippen LogP contribution in [0.3, 0.4) is 0 Å². The third-order valence-electron chi connectivity index (χ3n) is 5.38. The van der Waals surface area contributed by atoms with E-state index in [1.807, 2.05) is 66.7 Å². The van der Waals surface area contributed by atoms with Crippen LogP contribution < -0.4 is 15.4 Å². The summed E-state index contributed by atoms with van der Waals surface area (Å²) in [7, 11) is 0. The molecule has 3 N–H and O–H groups in total. The average Bonchev–Trinajstić information content (AvgIpc) is 2.93. The molecule has 0 aromatic heterocycles. The van der Waals surface area contributed by atoms with Gasteiger partial charge in [0.1, 0.15) is 16.7 Å². The highest BCUT2D eigenvalue weighted by atomic mass is 32.2. The predicted octanol–water partition coefficient (Wildman–Crippen LogP) is 6.75. The second-order valence-corrected chi connectivity index (χ2v) is 9.49. The lowest BCUT2D eigenvalue weighted by atomic mass is 10.1. The quantitative estimate of drug-likeness (QED) is 0.187. The molecule has 0 aliphatic rings. The Morgan fingerprint density at radius 1 is 0.711 bits per heavy atom. The Balaban J connectivity index is 1.45. The van der Waals surface area contributed by atoms with Crippen LogP contribution in [0.2, 0.25) is 0 Å². The Morgan fingerprint density at radius 3 is 2.05 bits per heavy atom. The summed E-state index contributed by atoms with van der Waals surface area (Å²) in [5, 5.41) is 13.9. The molecule has 192 valence electrons. The fraction of sp³-hybridized carbons (Fsp3) is 0.100. The molecule has 2 amide bonds. The minimum Gasteiger partial charge on any atom is -0.481 e. The van der Waals surface area contributed by atoms with Crippen LogP contribution >= 0.6 is 11.8 Å². The number of benzene rings is 4. The lowest BCUT2D eigenvalue weighted by Gasteiger charge is -2.18. The Labute approximate surface area is 224 Å². The first-order valence-corrected chi connectivity index (χ1v) is 12.8. The molecule has 8 heteroatoms. The highest BCUT2D eigenvalue weighted by molar-refractivity contribution is 8.00. The van der Waals surface area contributed by atoms with Crippen LogP contribution in [0.5, 0.6) is 11.5 Å². The summed E-state index contributed by atoms with van der Waals surface area (Å²) in [6, 6.07) is 33.2. The van der Waals surface area contributed by atoms with Gasteiger partial charge in [-0.1, -0.05) is 54.6 Å². The summed E-state index contributed by atoms with van der Waals surface area (Å²) in [6.45, 7) is 0. The first kappa shape index (κ1) is 26.5. The highest BCUT2D eigenvalue weighted by Crippen LogP contribution is 2.37. The average molecular weight is 527 g/mol. The lowest BCUT2D eigenvalue weighted by Crippen LogP contribution is -2.19. The number of amides is 2. The number of para-hydroxylation sites is 1. The molecule has 0 aliphatic carbocycles. The molecule has 0 fully saturated rings. The molecule has 4 aromatic carbocycles. The molecule has 0 spiro atoms. The molecule has 38 heavy (non-hydrogen) atoms. The van der Waals surface area contributed by atoms with Crippen molar-refractivity contribution >= 4 is 40.9 Å². The Bertz CT molecular complexity index is 1380. The van der Waals surface area contributed by atoms with E-state index in [2.05, 4.69) is 10.6 Å². The van der Waals surface area contributed by atoms with Gasteiger partial charge in [-0.05, 0) is 60.2 Å². The number of carbonyl (C=O) groups is 3. The maximum absolute atomic E-state index is 13.4. The molecule has 1 atom stereocenters. The van der Waals surface area contributed by atoms with E-state index in [0.29, 0.717) is 17.1 Å². The fourth-order valence-corrected chi connectivity index (χ4v) is 4.65. The first-order valence-electron chi connectivity index (χ1n) is 11.9. The van der Waals surface area contributed by atoms with E-state index in [1.165, 1.54) is 11.8 Å². The predicted molar refractivity (Wildman–Crippen MR) is 149 cm³/mol. The molecule has 0 aliphatic heterocycles. The largest absolute Gasteiger partial charge is 0.481 e. The summed E-state index contributed by atoms with van der Waals surface area (Å²) < 4.78 is 5.82. The maximum Gasteiger partial charge on any atom is 0.303 e. The zero-order valence-corrected chi connectivity index (χ0v) is 21.2. The SMILES string of the molecule is O=C(O)CCC(=O)Nc1cccc(SC(C(=O)Nc2ccc(Oc3ccccc3)cc2)c2ccccc2)c1. The second-order valence-electron chi connectivity index (χ2n) is 8.31. The molecule has 1 unspecified atom stereocenters. The van der Waals surface area contributed by atoms with Crippen LogP contribution in [0.4, 0.5) is 11.4 Å². The molecular formula is C30H26N2O5S. The smallest absolute Gasteiger partial charge is 0.303 e. The van der Waals surface area contributed by atoms with Gasteiger partial charge in [-0.3, -0.25) is 14.4 Å². The number of anilines is 2. The van der Waals surface area contributed by atoms with E-state index in [9.17, 15) is 14.4 Å². The first-order chi connectivity index (χ1) is 18.5. The molecule has 0 heterocycles. The zero-order chi connectivity index (χ0) is 26.7. The van der Waals surface area contributed by atoms with Crippen molar-refractivity contribution < 1.29 is 24.2 Å². The number of thioether (sulfide) groups is 1. The van der Waals surface area contributed by atoms with Gasteiger partial charge in [0.2, 0.25) is 11.8 Å². The monoisotopic (exact) mass is 526 g/mol. The van der Waals surface area contributed by atoms with E-state index >= 15 is 0 Å². The minimum absolute atomic E-state index is 0.114. The van der Waals surface area contributed by atoms with Gasteiger partial charge in [-0.15, -0.1) is 11.8 Å². The van der Waals surface area contributed by atoms with E-state index in [4.69, 9.17) is 9.84 Å². The van der Waals surface area contributed by atoms with E-state index in [0.717, 1.165) is 16.2 Å². The number of hydrogen-bond acceptors (Lipinski definition) is 5. The minimum atomic E-state index is -1.03. The molecule has 0 bridgehead atoms. The van der Waals surface area contributed by atoms with Crippen molar-refractivity contribution in [3.63, 3.8) is 0 Å². The Morgan fingerprint density at radius 2 is 1.37 bits per heavy atom. The van der Waals surface area contributed by atoms with Gasteiger partial charge in [0.15, 0.2) is 0 Å². The summed E-state index contributed by atoms with van der Waals surface area (Å²) in [5.41, 5.74) is 2.00. The summed E-state index contributed by atoms with van der Waals surface area (Å²) in [5.74, 6) is -0.226. The van der Waals surface area contributed by atoms with Crippen molar-refractivity contribution in [1.82, 2.24) is 0 Å². The summed E-state index contributed by atoms with van der Waals surface area (Å²) in [4.78, 5) is 37.0. The standard InChI is InChI=1S/C30H26N2O5S/c33-27(18-19-28(34)35)31-23-10-7-13-26(20-23)38-29(21-8-3-1-4-9-21)30(36)32-22-14-16-25(17-15-22)37-24-11-5-2-6-12-24/h1-17,20,29H,18-19H2,(H,31,33)(H,32,36)(H,34,35). The summed E-state index contributed by atoms with van der Waals surface area (Å²) in [6.07, 6.45) is -0.354. The molecule has 7 nitrogen and oxygen atoms in total. The van der Waals surface area contributed by atoms with Crippen LogP contribution in [0.15, 0.2) is 114 Å². The van der Waals surface area contributed by atoms with E-state index in [1.54, 1.807) is 42.5 Å². The molecular weight excluding hydrogens is 500 g/mol. The highest BCUT2D eigenvalue weighted by Gasteiger charge is 2.22. The van der Waals surface area contributed by atoms with Crippen molar-refractivity contribution in [2.24, 2.45) is 0 Å². The van der Waals surface area contributed by atoms with Crippen LogP contribution in [0, 0.1) is 0 Å². The van der Waals surface area contributed by atoms with Gasteiger partial charge >= 0.3 is 5.97 Å². The Kier molecular flexibility index (Phi) is 9.15. The maximum atomic E-state index is 13.4. The number of aliphatic carboxylic acids is 1. The lowest BCUT2D eigenvalue weighted by molar-refractivity contribution is -0.138. The fourth-order valence-electron chi connectivity index (χ4n) is 3.57. The molecule has 0 saturated carbocycles. The normalized spacial score (nSPS) is 11.3.